The zero-order valence-corrected chi connectivity index (χ0v) is 25.1. The molecular weight excluding hydrogens is 522 g/mol. The monoisotopic (exact) mass is 563 g/mol. The van der Waals surface area contributed by atoms with Gasteiger partial charge in [-0.05, 0) is 49.4 Å². The van der Waals surface area contributed by atoms with Crippen LogP contribution in [0.4, 0.5) is 5.69 Å². The quantitative estimate of drug-likeness (QED) is 0.334. The molecule has 1 N–H and O–H groups in total. The van der Waals surface area contributed by atoms with E-state index in [1.807, 2.05) is 101 Å². The van der Waals surface area contributed by atoms with E-state index in [2.05, 4.69) is 5.32 Å². The number of carbonyl (C=O) groups is 2. The van der Waals surface area contributed by atoms with Crippen molar-refractivity contribution in [3.63, 3.8) is 0 Å². The van der Waals surface area contributed by atoms with Crippen molar-refractivity contribution in [2.45, 2.75) is 65.6 Å². The number of carbonyl (C=O) groups excluding carboxylic acids is 2. The summed E-state index contributed by atoms with van der Waals surface area (Å²) in [5.74, 6) is -0.694. The number of sulfonamides is 1. The number of nitrogens with one attached hydrogen (secondary N) is 1. The number of nitrogens with zero attached hydrogens (tertiary/aromatic N) is 2. The Morgan fingerprint density at radius 3 is 2.08 bits per heavy atom. The molecule has 8 heteroatoms. The first kappa shape index (κ1) is 30.9. The number of anilines is 1. The topological polar surface area (TPSA) is 86.8 Å². The minimum atomic E-state index is -3.82. The predicted octanol–water partition coefficient (Wildman–Crippen LogP) is 5.05. The molecule has 0 aliphatic rings. The van der Waals surface area contributed by atoms with Gasteiger partial charge in [0.2, 0.25) is 21.8 Å². The second kappa shape index (κ2) is 13.6. The van der Waals surface area contributed by atoms with Crippen LogP contribution in [0.5, 0.6) is 0 Å². The Bertz CT molecular complexity index is 1400. The van der Waals surface area contributed by atoms with Crippen molar-refractivity contribution in [1.29, 1.82) is 0 Å². The molecule has 2 amide bonds. The number of benzene rings is 3. The Kier molecular flexibility index (Phi) is 10.5. The summed E-state index contributed by atoms with van der Waals surface area (Å²) in [6.45, 7) is 9.42. The summed E-state index contributed by atoms with van der Waals surface area (Å²) in [5, 5.41) is 2.97. The number of para-hydroxylation sites is 1. The molecule has 0 aliphatic carbocycles. The number of hydrogen-bond acceptors (Lipinski definition) is 4. The lowest BCUT2D eigenvalue weighted by Crippen LogP contribution is -2.54. The third kappa shape index (κ3) is 8.42. The van der Waals surface area contributed by atoms with Gasteiger partial charge in [0.05, 0.1) is 11.9 Å². The van der Waals surface area contributed by atoms with Gasteiger partial charge in [-0.15, -0.1) is 0 Å². The van der Waals surface area contributed by atoms with E-state index in [1.54, 1.807) is 12.1 Å². The highest BCUT2D eigenvalue weighted by atomic mass is 32.2. The molecule has 0 spiro atoms. The number of aryl methyl sites for hydroxylation is 1. The molecule has 0 saturated carbocycles. The lowest BCUT2D eigenvalue weighted by molar-refractivity contribution is -0.140. The van der Waals surface area contributed by atoms with E-state index in [9.17, 15) is 18.0 Å². The van der Waals surface area contributed by atoms with E-state index in [1.165, 1.54) is 4.90 Å². The highest BCUT2D eigenvalue weighted by molar-refractivity contribution is 7.92. The Balaban J connectivity index is 2.09. The zero-order valence-electron chi connectivity index (χ0n) is 24.3. The molecule has 0 radical (unpaired) electrons. The molecule has 7 nitrogen and oxygen atoms in total. The number of amides is 2. The van der Waals surface area contributed by atoms with Gasteiger partial charge >= 0.3 is 0 Å². The largest absolute Gasteiger partial charge is 0.352 e. The zero-order chi connectivity index (χ0) is 29.4. The maximum Gasteiger partial charge on any atom is 0.244 e. The normalized spacial score (nSPS) is 12.3. The molecule has 3 rings (SSSR count). The average molecular weight is 564 g/mol. The molecule has 40 heavy (non-hydrogen) atoms. The molecule has 1 atom stereocenters. The van der Waals surface area contributed by atoms with Gasteiger partial charge in [0, 0.05) is 19.0 Å². The first-order valence-electron chi connectivity index (χ1n) is 13.6. The van der Waals surface area contributed by atoms with Crippen molar-refractivity contribution in [2.24, 2.45) is 0 Å². The maximum atomic E-state index is 14.2. The van der Waals surface area contributed by atoms with Gasteiger partial charge in [0.25, 0.3) is 0 Å². The van der Waals surface area contributed by atoms with Crippen LogP contribution < -0.4 is 9.62 Å². The van der Waals surface area contributed by atoms with Crippen LogP contribution in [0.15, 0.2) is 78.9 Å². The summed E-state index contributed by atoms with van der Waals surface area (Å²) in [5.41, 5.74) is 4.08. The minimum Gasteiger partial charge on any atom is -0.352 e. The lowest BCUT2D eigenvalue weighted by Gasteiger charge is -2.34. The van der Waals surface area contributed by atoms with Gasteiger partial charge in [0.15, 0.2) is 0 Å². The third-order valence-electron chi connectivity index (χ3n) is 6.64. The van der Waals surface area contributed by atoms with E-state index in [0.29, 0.717) is 12.1 Å². The van der Waals surface area contributed by atoms with E-state index in [4.69, 9.17) is 0 Å². The summed E-state index contributed by atoms with van der Waals surface area (Å²) in [4.78, 5) is 29.3. The van der Waals surface area contributed by atoms with E-state index in [0.717, 1.165) is 32.8 Å². The molecule has 0 aliphatic heterocycles. The van der Waals surface area contributed by atoms with E-state index < -0.39 is 28.5 Å². The SMILES string of the molecule is Cc1cccc(CN(C(=O)CN(c2ccccc2C(C)C)S(C)(=O)=O)[C@H](Cc2ccccc2)C(=O)NC(C)C)c1. The predicted molar refractivity (Wildman–Crippen MR) is 162 cm³/mol. The molecule has 3 aromatic carbocycles. The summed E-state index contributed by atoms with van der Waals surface area (Å²) in [6, 6.07) is 23.6. The second-order valence-corrected chi connectivity index (χ2v) is 12.8. The van der Waals surface area contributed by atoms with Crippen molar-refractivity contribution < 1.29 is 18.0 Å². The fourth-order valence-corrected chi connectivity index (χ4v) is 5.61. The van der Waals surface area contributed by atoms with Crippen LogP contribution in [0, 0.1) is 6.92 Å². The molecule has 0 saturated heterocycles. The minimum absolute atomic E-state index is 0.0431. The van der Waals surface area contributed by atoms with Gasteiger partial charge in [-0.1, -0.05) is 92.2 Å². The molecule has 0 unspecified atom stereocenters. The average Bonchev–Trinajstić information content (AvgIpc) is 2.88. The van der Waals surface area contributed by atoms with Crippen LogP contribution in [0.3, 0.4) is 0 Å². The Morgan fingerprint density at radius 2 is 1.48 bits per heavy atom. The van der Waals surface area contributed by atoms with E-state index in [-0.39, 0.29) is 24.4 Å². The third-order valence-corrected chi connectivity index (χ3v) is 7.77. The molecular formula is C32H41N3O4S. The lowest BCUT2D eigenvalue weighted by atomic mass is 10.0. The van der Waals surface area contributed by atoms with Crippen molar-refractivity contribution in [2.75, 3.05) is 17.1 Å². The first-order chi connectivity index (χ1) is 18.9. The molecule has 3 aromatic rings. The number of rotatable bonds is 12. The van der Waals surface area contributed by atoms with Crippen molar-refractivity contribution in [3.8, 4) is 0 Å². The van der Waals surface area contributed by atoms with Crippen LogP contribution in [0.25, 0.3) is 0 Å². The van der Waals surface area contributed by atoms with Gasteiger partial charge < -0.3 is 10.2 Å². The number of hydrogen-bond donors (Lipinski definition) is 1. The van der Waals surface area contributed by atoms with Crippen molar-refractivity contribution in [3.05, 3.63) is 101 Å². The Labute approximate surface area is 239 Å². The standard InChI is InChI=1S/C32H41N3O4S/c1-23(2)28-17-10-11-18-29(28)35(40(6,38)39)22-31(36)34(21-27-16-12-13-25(5)19-27)30(32(37)33-24(3)4)20-26-14-8-7-9-15-26/h7-19,23-24,30H,20-22H2,1-6H3,(H,33,37)/t30-/m1/s1. The highest BCUT2D eigenvalue weighted by Crippen LogP contribution is 2.29. The molecule has 0 fully saturated rings. The Morgan fingerprint density at radius 1 is 0.850 bits per heavy atom. The van der Waals surface area contributed by atoms with Gasteiger partial charge in [-0.25, -0.2) is 8.42 Å². The van der Waals surface area contributed by atoms with Crippen molar-refractivity contribution >= 4 is 27.5 Å². The fourth-order valence-electron chi connectivity index (χ4n) is 4.74. The summed E-state index contributed by atoms with van der Waals surface area (Å²) in [7, 11) is -3.82. The molecule has 214 valence electrons. The van der Waals surface area contributed by atoms with Crippen LogP contribution in [-0.2, 0) is 32.6 Å². The van der Waals surface area contributed by atoms with Crippen LogP contribution in [0.1, 0.15) is 55.9 Å². The van der Waals surface area contributed by atoms with Gasteiger partial charge in [-0.2, -0.15) is 0 Å². The molecule has 0 bridgehead atoms. The maximum absolute atomic E-state index is 14.2. The van der Waals surface area contributed by atoms with Gasteiger partial charge in [-0.3, -0.25) is 13.9 Å². The molecule has 0 aromatic heterocycles. The van der Waals surface area contributed by atoms with Crippen LogP contribution in [-0.4, -0.2) is 50.0 Å². The highest BCUT2D eigenvalue weighted by Gasteiger charge is 2.33. The summed E-state index contributed by atoms with van der Waals surface area (Å²) >= 11 is 0. The van der Waals surface area contributed by atoms with Gasteiger partial charge in [0.1, 0.15) is 12.6 Å². The molecule has 0 heterocycles. The second-order valence-electron chi connectivity index (χ2n) is 10.9. The Hall–Kier alpha value is -3.65. The first-order valence-corrected chi connectivity index (χ1v) is 15.5. The summed E-state index contributed by atoms with van der Waals surface area (Å²) in [6.07, 6.45) is 1.40. The summed E-state index contributed by atoms with van der Waals surface area (Å²) < 4.78 is 27.3. The van der Waals surface area contributed by atoms with Crippen molar-refractivity contribution in [1.82, 2.24) is 10.2 Å². The van der Waals surface area contributed by atoms with Crippen LogP contribution >= 0.6 is 0 Å². The fraction of sp³-hybridized carbons (Fsp3) is 0.375. The van der Waals surface area contributed by atoms with Crippen LogP contribution in [0.2, 0.25) is 0 Å². The smallest absolute Gasteiger partial charge is 0.244 e. The van der Waals surface area contributed by atoms with E-state index >= 15 is 0 Å².